The topological polar surface area (TPSA) is 66.8 Å². The number of hydrogen-bond donors (Lipinski definition) is 1. The van der Waals surface area contributed by atoms with Crippen molar-refractivity contribution in [1.29, 1.82) is 0 Å². The number of aliphatic carboxylic acids is 1. The van der Waals surface area contributed by atoms with Crippen molar-refractivity contribution < 1.29 is 19.4 Å². The molecule has 2 aliphatic rings. The molecule has 1 N–H and O–H groups in total. The Morgan fingerprint density at radius 3 is 2.47 bits per heavy atom. The molecule has 0 aromatic heterocycles. The van der Waals surface area contributed by atoms with Crippen LogP contribution in [0, 0.1) is 5.92 Å². The Morgan fingerprint density at radius 2 is 1.82 bits per heavy atom. The maximum Gasteiger partial charge on any atom is 0.326 e. The van der Waals surface area contributed by atoms with Crippen LogP contribution >= 0.6 is 0 Å². The minimum Gasteiger partial charge on any atom is -0.480 e. The van der Waals surface area contributed by atoms with Gasteiger partial charge in [-0.3, -0.25) is 4.79 Å². The fourth-order valence-electron chi connectivity index (χ4n) is 2.63. The zero-order valence-electron chi connectivity index (χ0n) is 9.93. The largest absolute Gasteiger partial charge is 0.480 e. The van der Waals surface area contributed by atoms with Crippen molar-refractivity contribution in [3.63, 3.8) is 0 Å². The maximum absolute atomic E-state index is 12.3. The molecule has 2 heterocycles. The number of amides is 1. The smallest absolute Gasteiger partial charge is 0.326 e. The van der Waals surface area contributed by atoms with E-state index >= 15 is 0 Å². The standard InChI is InChI=1S/C12H19NO4/c14-11(9-4-7-17-8-5-9)13-6-2-1-3-10(13)12(15)16/h9-10H,1-8H2,(H,15,16)/t10-/m0/s1. The zero-order valence-corrected chi connectivity index (χ0v) is 9.93. The van der Waals surface area contributed by atoms with E-state index in [1.807, 2.05) is 0 Å². The Morgan fingerprint density at radius 1 is 1.12 bits per heavy atom. The Kier molecular flexibility index (Phi) is 3.99. The molecule has 0 radical (unpaired) electrons. The summed E-state index contributed by atoms with van der Waals surface area (Å²) in [4.78, 5) is 25.0. The number of hydrogen-bond acceptors (Lipinski definition) is 3. The van der Waals surface area contributed by atoms with Gasteiger partial charge in [0.1, 0.15) is 6.04 Å². The molecule has 2 fully saturated rings. The van der Waals surface area contributed by atoms with Gasteiger partial charge in [0.05, 0.1) is 0 Å². The highest BCUT2D eigenvalue weighted by atomic mass is 16.5. The summed E-state index contributed by atoms with van der Waals surface area (Å²) in [6, 6.07) is -0.612. The summed E-state index contributed by atoms with van der Waals surface area (Å²) in [5.41, 5.74) is 0. The van der Waals surface area contributed by atoms with E-state index in [1.165, 1.54) is 0 Å². The van der Waals surface area contributed by atoms with Crippen molar-refractivity contribution in [3.05, 3.63) is 0 Å². The normalized spacial score (nSPS) is 26.8. The second-order valence-corrected chi connectivity index (χ2v) is 4.77. The molecule has 17 heavy (non-hydrogen) atoms. The van der Waals surface area contributed by atoms with E-state index in [9.17, 15) is 9.59 Å². The molecular weight excluding hydrogens is 222 g/mol. The first-order valence-corrected chi connectivity index (χ1v) is 6.31. The van der Waals surface area contributed by atoms with Crippen LogP contribution in [0.15, 0.2) is 0 Å². The van der Waals surface area contributed by atoms with Crippen LogP contribution < -0.4 is 0 Å². The molecular formula is C12H19NO4. The third kappa shape index (κ3) is 2.77. The van der Waals surface area contributed by atoms with Crippen molar-refractivity contribution in [2.45, 2.75) is 38.1 Å². The Bertz CT molecular complexity index is 299. The van der Waals surface area contributed by atoms with Crippen molar-refractivity contribution in [2.24, 2.45) is 5.92 Å². The van der Waals surface area contributed by atoms with Crippen LogP contribution in [-0.4, -0.2) is 47.7 Å². The first-order chi connectivity index (χ1) is 8.20. The average Bonchev–Trinajstić information content (AvgIpc) is 2.39. The fraction of sp³-hybridized carbons (Fsp3) is 0.833. The monoisotopic (exact) mass is 241 g/mol. The highest BCUT2D eigenvalue weighted by Crippen LogP contribution is 2.24. The lowest BCUT2D eigenvalue weighted by Crippen LogP contribution is -2.50. The number of ether oxygens (including phenoxy) is 1. The second kappa shape index (κ2) is 5.49. The Hall–Kier alpha value is -1.10. The molecule has 1 atom stereocenters. The van der Waals surface area contributed by atoms with Crippen molar-refractivity contribution in [3.8, 4) is 0 Å². The van der Waals surface area contributed by atoms with E-state index in [2.05, 4.69) is 0 Å². The second-order valence-electron chi connectivity index (χ2n) is 4.77. The average molecular weight is 241 g/mol. The van der Waals surface area contributed by atoms with Gasteiger partial charge in [-0.1, -0.05) is 0 Å². The highest BCUT2D eigenvalue weighted by Gasteiger charge is 2.35. The quantitative estimate of drug-likeness (QED) is 0.779. The molecule has 2 rings (SSSR count). The molecule has 0 aliphatic carbocycles. The van der Waals surface area contributed by atoms with Crippen LogP contribution in [0.4, 0.5) is 0 Å². The zero-order chi connectivity index (χ0) is 12.3. The predicted octanol–water partition coefficient (Wildman–Crippen LogP) is 0.879. The third-order valence-corrected chi connectivity index (χ3v) is 3.64. The Labute approximate surface area is 101 Å². The first-order valence-electron chi connectivity index (χ1n) is 6.31. The van der Waals surface area contributed by atoms with Crippen LogP contribution in [-0.2, 0) is 14.3 Å². The lowest BCUT2D eigenvalue weighted by Gasteiger charge is -2.36. The van der Waals surface area contributed by atoms with E-state index in [0.717, 1.165) is 25.7 Å². The molecule has 5 heteroatoms. The SMILES string of the molecule is O=C(O)[C@@H]1CCCCN1C(=O)C1CCOCC1. The van der Waals surface area contributed by atoms with E-state index in [0.29, 0.717) is 26.2 Å². The number of rotatable bonds is 2. The van der Waals surface area contributed by atoms with E-state index < -0.39 is 12.0 Å². The number of carboxylic acids is 1. The van der Waals surface area contributed by atoms with Crippen LogP contribution in [0.2, 0.25) is 0 Å². The number of carbonyl (C=O) groups is 2. The van der Waals surface area contributed by atoms with Crippen LogP contribution in [0.3, 0.4) is 0 Å². The van der Waals surface area contributed by atoms with Crippen molar-refractivity contribution >= 4 is 11.9 Å². The van der Waals surface area contributed by atoms with Crippen molar-refractivity contribution in [1.82, 2.24) is 4.90 Å². The summed E-state index contributed by atoms with van der Waals surface area (Å²) in [6.07, 6.45) is 3.85. The number of carbonyl (C=O) groups excluding carboxylic acids is 1. The molecule has 5 nitrogen and oxygen atoms in total. The summed E-state index contributed by atoms with van der Waals surface area (Å²) in [6.45, 7) is 1.82. The van der Waals surface area contributed by atoms with Gasteiger partial charge in [-0.05, 0) is 32.1 Å². The molecule has 1 amide bonds. The molecule has 2 aliphatic heterocycles. The molecule has 0 bridgehead atoms. The van der Waals surface area contributed by atoms with Crippen LogP contribution in [0.25, 0.3) is 0 Å². The third-order valence-electron chi connectivity index (χ3n) is 3.64. The molecule has 96 valence electrons. The van der Waals surface area contributed by atoms with Gasteiger partial charge >= 0.3 is 5.97 Å². The molecule has 0 spiro atoms. The summed E-state index contributed by atoms with van der Waals surface area (Å²) >= 11 is 0. The summed E-state index contributed by atoms with van der Waals surface area (Å²) in [7, 11) is 0. The van der Waals surface area contributed by atoms with Crippen LogP contribution in [0.5, 0.6) is 0 Å². The summed E-state index contributed by atoms with van der Waals surface area (Å²) in [5.74, 6) is -0.894. The molecule has 0 aromatic carbocycles. The van der Waals surface area contributed by atoms with Gasteiger partial charge in [-0.25, -0.2) is 4.79 Å². The number of carboxylic acid groups (broad SMARTS) is 1. The van der Waals surface area contributed by atoms with Gasteiger partial charge in [0.25, 0.3) is 0 Å². The Balaban J connectivity index is 2.02. The predicted molar refractivity (Wildman–Crippen MR) is 60.5 cm³/mol. The first kappa shape index (κ1) is 12.4. The van der Waals surface area contributed by atoms with Gasteiger partial charge in [0.15, 0.2) is 0 Å². The lowest BCUT2D eigenvalue weighted by molar-refractivity contribution is -0.155. The van der Waals surface area contributed by atoms with Gasteiger partial charge in [-0.15, -0.1) is 0 Å². The maximum atomic E-state index is 12.3. The summed E-state index contributed by atoms with van der Waals surface area (Å²) < 4.78 is 5.22. The highest BCUT2D eigenvalue weighted by molar-refractivity contribution is 5.85. The van der Waals surface area contributed by atoms with E-state index in [1.54, 1.807) is 4.90 Å². The van der Waals surface area contributed by atoms with Gasteiger partial charge in [0.2, 0.25) is 5.91 Å². The van der Waals surface area contributed by atoms with E-state index in [-0.39, 0.29) is 11.8 Å². The number of piperidine rings is 1. The van der Waals surface area contributed by atoms with Gasteiger partial charge in [-0.2, -0.15) is 0 Å². The van der Waals surface area contributed by atoms with Crippen molar-refractivity contribution in [2.75, 3.05) is 19.8 Å². The van der Waals surface area contributed by atoms with Crippen LogP contribution in [0.1, 0.15) is 32.1 Å². The molecule has 2 saturated heterocycles. The van der Waals surface area contributed by atoms with Gasteiger partial charge < -0.3 is 14.7 Å². The lowest BCUT2D eigenvalue weighted by atomic mass is 9.94. The molecule has 0 unspecified atom stereocenters. The van der Waals surface area contributed by atoms with E-state index in [4.69, 9.17) is 9.84 Å². The van der Waals surface area contributed by atoms with Gasteiger partial charge in [0, 0.05) is 25.7 Å². The minimum absolute atomic E-state index is 0.0143. The summed E-state index contributed by atoms with van der Waals surface area (Å²) in [5, 5.41) is 9.14. The number of nitrogens with zero attached hydrogens (tertiary/aromatic N) is 1. The molecule has 0 saturated carbocycles. The molecule has 0 aromatic rings. The fourth-order valence-corrected chi connectivity index (χ4v) is 2.63. The minimum atomic E-state index is -0.870. The number of likely N-dealkylation sites (tertiary alicyclic amines) is 1.